The Labute approximate surface area is 112 Å². The SMILES string of the molecule is CCCC(=C[N+](=O)[O-])c1ccc(C(=O)OCC)cc1. The average Bonchev–Trinajstić information content (AvgIpc) is 2.38. The smallest absolute Gasteiger partial charge is 0.338 e. The van der Waals surface area contributed by atoms with Crippen LogP contribution in [0.3, 0.4) is 0 Å². The number of nitro groups is 1. The molecule has 0 aliphatic rings. The van der Waals surface area contributed by atoms with Crippen LogP contribution in [0.25, 0.3) is 5.57 Å². The van der Waals surface area contributed by atoms with Gasteiger partial charge in [-0.25, -0.2) is 4.79 Å². The van der Waals surface area contributed by atoms with Crippen LogP contribution in [0.1, 0.15) is 42.6 Å². The van der Waals surface area contributed by atoms with Crippen molar-refractivity contribution in [2.24, 2.45) is 0 Å². The molecule has 0 heterocycles. The highest BCUT2D eigenvalue weighted by atomic mass is 16.6. The summed E-state index contributed by atoms with van der Waals surface area (Å²) < 4.78 is 4.88. The van der Waals surface area contributed by atoms with E-state index in [1.165, 1.54) is 0 Å². The first-order chi connectivity index (χ1) is 9.08. The molecule has 0 unspecified atom stereocenters. The van der Waals surface area contributed by atoms with Gasteiger partial charge in [0.2, 0.25) is 6.20 Å². The van der Waals surface area contributed by atoms with E-state index < -0.39 is 4.92 Å². The van der Waals surface area contributed by atoms with E-state index in [1.54, 1.807) is 31.2 Å². The molecule has 0 radical (unpaired) electrons. The Kier molecular flexibility index (Phi) is 5.73. The fraction of sp³-hybridized carbons (Fsp3) is 0.357. The molecule has 102 valence electrons. The van der Waals surface area contributed by atoms with Crippen molar-refractivity contribution in [1.82, 2.24) is 0 Å². The Morgan fingerprint density at radius 2 is 1.84 bits per heavy atom. The maximum atomic E-state index is 11.5. The molecule has 0 saturated carbocycles. The van der Waals surface area contributed by atoms with Gasteiger partial charge in [0.05, 0.1) is 17.1 Å². The number of ether oxygens (including phenoxy) is 1. The minimum atomic E-state index is -0.454. The Morgan fingerprint density at radius 3 is 2.32 bits per heavy atom. The van der Waals surface area contributed by atoms with Crippen LogP contribution in [0.2, 0.25) is 0 Å². The average molecular weight is 263 g/mol. The highest BCUT2D eigenvalue weighted by Gasteiger charge is 2.09. The lowest BCUT2D eigenvalue weighted by atomic mass is 10.0. The molecule has 1 aromatic carbocycles. The van der Waals surface area contributed by atoms with Crippen molar-refractivity contribution in [3.63, 3.8) is 0 Å². The van der Waals surface area contributed by atoms with E-state index in [0.717, 1.165) is 18.2 Å². The molecule has 19 heavy (non-hydrogen) atoms. The highest BCUT2D eigenvalue weighted by molar-refractivity contribution is 5.89. The predicted octanol–water partition coefficient (Wildman–Crippen LogP) is 3.28. The molecule has 0 aromatic heterocycles. The van der Waals surface area contributed by atoms with Gasteiger partial charge in [-0.1, -0.05) is 25.5 Å². The zero-order valence-corrected chi connectivity index (χ0v) is 11.1. The third kappa shape index (κ3) is 4.54. The maximum Gasteiger partial charge on any atom is 0.338 e. The molecule has 0 atom stereocenters. The molecule has 0 fully saturated rings. The van der Waals surface area contributed by atoms with Crippen LogP contribution in [-0.2, 0) is 4.74 Å². The van der Waals surface area contributed by atoms with E-state index >= 15 is 0 Å². The van der Waals surface area contributed by atoms with Gasteiger partial charge in [0, 0.05) is 5.57 Å². The fourth-order valence-electron chi connectivity index (χ4n) is 1.71. The molecule has 0 N–H and O–H groups in total. The summed E-state index contributed by atoms with van der Waals surface area (Å²) in [5.41, 5.74) is 1.86. The number of benzene rings is 1. The van der Waals surface area contributed by atoms with Gasteiger partial charge >= 0.3 is 5.97 Å². The number of esters is 1. The zero-order valence-electron chi connectivity index (χ0n) is 11.1. The molecule has 0 spiro atoms. The lowest BCUT2D eigenvalue weighted by Gasteiger charge is -2.05. The summed E-state index contributed by atoms with van der Waals surface area (Å²) in [6, 6.07) is 6.65. The van der Waals surface area contributed by atoms with Crippen molar-refractivity contribution in [2.75, 3.05) is 6.61 Å². The van der Waals surface area contributed by atoms with Gasteiger partial charge in [0.1, 0.15) is 0 Å². The van der Waals surface area contributed by atoms with E-state index in [0.29, 0.717) is 24.2 Å². The van der Waals surface area contributed by atoms with Crippen molar-refractivity contribution in [2.45, 2.75) is 26.7 Å². The number of carbonyl (C=O) groups is 1. The van der Waals surface area contributed by atoms with Crippen molar-refractivity contribution >= 4 is 11.5 Å². The van der Waals surface area contributed by atoms with Crippen LogP contribution < -0.4 is 0 Å². The monoisotopic (exact) mass is 263 g/mol. The van der Waals surface area contributed by atoms with Crippen LogP contribution in [0, 0.1) is 10.1 Å². The lowest BCUT2D eigenvalue weighted by molar-refractivity contribution is -0.401. The minimum absolute atomic E-state index is 0.322. The molecular weight excluding hydrogens is 246 g/mol. The van der Waals surface area contributed by atoms with Gasteiger partial charge in [0.25, 0.3) is 0 Å². The molecule has 5 heteroatoms. The van der Waals surface area contributed by atoms with Crippen LogP contribution in [0.4, 0.5) is 0 Å². The summed E-state index contributed by atoms with van der Waals surface area (Å²) in [4.78, 5) is 21.6. The fourth-order valence-corrected chi connectivity index (χ4v) is 1.71. The van der Waals surface area contributed by atoms with Crippen LogP contribution in [0.5, 0.6) is 0 Å². The first-order valence-electron chi connectivity index (χ1n) is 6.20. The summed E-state index contributed by atoms with van der Waals surface area (Å²) >= 11 is 0. The van der Waals surface area contributed by atoms with Crippen molar-refractivity contribution in [3.05, 3.63) is 51.7 Å². The molecule has 0 amide bonds. The molecule has 1 rings (SSSR count). The van der Waals surface area contributed by atoms with E-state index in [9.17, 15) is 14.9 Å². The predicted molar refractivity (Wildman–Crippen MR) is 72.3 cm³/mol. The third-order valence-corrected chi connectivity index (χ3v) is 2.55. The van der Waals surface area contributed by atoms with Crippen LogP contribution >= 0.6 is 0 Å². The molecule has 0 saturated heterocycles. The van der Waals surface area contributed by atoms with E-state index in [2.05, 4.69) is 0 Å². The summed E-state index contributed by atoms with van der Waals surface area (Å²) in [6.07, 6.45) is 2.46. The quantitative estimate of drug-likeness (QED) is 0.448. The van der Waals surface area contributed by atoms with Crippen molar-refractivity contribution in [3.8, 4) is 0 Å². The second-order valence-electron chi connectivity index (χ2n) is 3.99. The van der Waals surface area contributed by atoms with E-state index in [-0.39, 0.29) is 5.97 Å². The summed E-state index contributed by atoms with van der Waals surface area (Å²) in [7, 11) is 0. The number of rotatable bonds is 6. The summed E-state index contributed by atoms with van der Waals surface area (Å²) in [5, 5.41) is 10.6. The second-order valence-corrected chi connectivity index (χ2v) is 3.99. The van der Waals surface area contributed by atoms with Gasteiger partial charge in [-0.2, -0.15) is 0 Å². The van der Waals surface area contributed by atoms with Gasteiger partial charge in [-0.05, 0) is 31.0 Å². The maximum absolute atomic E-state index is 11.5. The minimum Gasteiger partial charge on any atom is -0.462 e. The Morgan fingerprint density at radius 1 is 1.26 bits per heavy atom. The molecule has 0 bridgehead atoms. The molecule has 0 aliphatic carbocycles. The normalized spacial score (nSPS) is 11.2. The highest BCUT2D eigenvalue weighted by Crippen LogP contribution is 2.20. The molecule has 5 nitrogen and oxygen atoms in total. The number of hydrogen-bond acceptors (Lipinski definition) is 4. The third-order valence-electron chi connectivity index (χ3n) is 2.55. The first kappa shape index (κ1) is 14.9. The van der Waals surface area contributed by atoms with E-state index in [4.69, 9.17) is 4.74 Å². The summed E-state index contributed by atoms with van der Waals surface area (Å²) in [5.74, 6) is -0.385. The Bertz CT molecular complexity index is 477. The molecule has 0 aliphatic heterocycles. The second kappa shape index (κ2) is 7.31. The number of nitrogens with zero attached hydrogens (tertiary/aromatic N) is 1. The van der Waals surface area contributed by atoms with Crippen LogP contribution in [0.15, 0.2) is 30.5 Å². The van der Waals surface area contributed by atoms with Crippen molar-refractivity contribution in [1.29, 1.82) is 0 Å². The first-order valence-corrected chi connectivity index (χ1v) is 6.20. The summed E-state index contributed by atoms with van der Waals surface area (Å²) in [6.45, 7) is 4.02. The standard InChI is InChI=1S/C14H17NO4/c1-3-5-13(10-15(17)18)11-6-8-12(9-7-11)14(16)19-4-2/h6-10H,3-5H2,1-2H3. The Balaban J connectivity index is 2.95. The number of allylic oxidation sites excluding steroid dienone is 1. The van der Waals surface area contributed by atoms with Gasteiger partial charge in [-0.15, -0.1) is 0 Å². The van der Waals surface area contributed by atoms with Gasteiger partial charge in [0.15, 0.2) is 0 Å². The number of hydrogen-bond donors (Lipinski definition) is 0. The molecular formula is C14H17NO4. The Hall–Kier alpha value is -2.17. The number of carbonyl (C=O) groups excluding carboxylic acids is 1. The topological polar surface area (TPSA) is 69.4 Å². The van der Waals surface area contributed by atoms with Crippen molar-refractivity contribution < 1.29 is 14.5 Å². The lowest BCUT2D eigenvalue weighted by Crippen LogP contribution is -2.04. The molecule has 1 aromatic rings. The van der Waals surface area contributed by atoms with Crippen LogP contribution in [-0.4, -0.2) is 17.5 Å². The van der Waals surface area contributed by atoms with E-state index in [1.807, 2.05) is 6.92 Å². The van der Waals surface area contributed by atoms with Gasteiger partial charge in [-0.3, -0.25) is 10.1 Å². The largest absolute Gasteiger partial charge is 0.462 e. The zero-order chi connectivity index (χ0) is 14.3. The van der Waals surface area contributed by atoms with Gasteiger partial charge < -0.3 is 4.74 Å².